The second kappa shape index (κ2) is 7.53. The Bertz CT molecular complexity index is 657. The summed E-state index contributed by atoms with van der Waals surface area (Å²) >= 11 is 0. The van der Waals surface area contributed by atoms with E-state index < -0.39 is 0 Å². The fraction of sp³-hybridized carbons (Fsp3) is 0.375. The number of hydrogen-bond donors (Lipinski definition) is 1. The molecule has 0 bridgehead atoms. The Morgan fingerprint density at radius 3 is 2.30 bits per heavy atom. The zero-order valence-electron chi connectivity index (χ0n) is 13.8. The van der Waals surface area contributed by atoms with Gasteiger partial charge in [-0.2, -0.15) is 5.10 Å². The Morgan fingerprint density at radius 1 is 1.17 bits per heavy atom. The van der Waals surface area contributed by atoms with Crippen LogP contribution >= 0.6 is 0 Å². The molecule has 1 amide bonds. The van der Waals surface area contributed by atoms with Gasteiger partial charge in [-0.1, -0.05) is 0 Å². The van der Waals surface area contributed by atoms with Crippen LogP contribution in [0.4, 0.5) is 0 Å². The first-order valence-corrected chi connectivity index (χ1v) is 7.14. The lowest BCUT2D eigenvalue weighted by Crippen LogP contribution is -2.25. The number of methoxy groups -OCH3 is 3. The number of ether oxygens (including phenoxy) is 3. The van der Waals surface area contributed by atoms with Gasteiger partial charge in [0.05, 0.1) is 27.5 Å². The Labute approximate surface area is 135 Å². The summed E-state index contributed by atoms with van der Waals surface area (Å²) in [5.41, 5.74) is 1.52. The molecule has 0 saturated carbocycles. The first-order chi connectivity index (χ1) is 11.1. The number of aryl methyl sites for hydroxylation is 1. The van der Waals surface area contributed by atoms with Crippen LogP contribution in [0.5, 0.6) is 17.2 Å². The first-order valence-electron chi connectivity index (χ1n) is 7.14. The summed E-state index contributed by atoms with van der Waals surface area (Å²) in [6, 6.07) is 3.25. The van der Waals surface area contributed by atoms with E-state index in [0.29, 0.717) is 35.8 Å². The molecule has 0 unspecified atom stereocenters. The van der Waals surface area contributed by atoms with Crippen molar-refractivity contribution >= 4 is 5.91 Å². The molecular formula is C16H21N3O4. The Hall–Kier alpha value is -2.70. The molecule has 0 fully saturated rings. The third kappa shape index (κ3) is 3.94. The number of amides is 1. The first kappa shape index (κ1) is 16.7. The largest absolute Gasteiger partial charge is 0.493 e. The van der Waals surface area contributed by atoms with Gasteiger partial charge in [0.2, 0.25) is 5.75 Å². The van der Waals surface area contributed by atoms with Crippen LogP contribution in [0, 0.1) is 0 Å². The summed E-state index contributed by atoms with van der Waals surface area (Å²) in [7, 11) is 6.41. The highest BCUT2D eigenvalue weighted by molar-refractivity contribution is 5.95. The molecule has 124 valence electrons. The third-order valence-electron chi connectivity index (χ3n) is 3.38. The molecule has 7 nitrogen and oxygen atoms in total. The van der Waals surface area contributed by atoms with Gasteiger partial charge in [-0.25, -0.2) is 0 Å². The number of carbonyl (C=O) groups excluding carboxylic acids is 1. The fourth-order valence-electron chi connectivity index (χ4n) is 2.24. The number of aromatic nitrogens is 2. The smallest absolute Gasteiger partial charge is 0.251 e. The summed E-state index contributed by atoms with van der Waals surface area (Å²) < 4.78 is 17.5. The lowest BCUT2D eigenvalue weighted by Gasteiger charge is -2.14. The molecule has 1 aromatic heterocycles. The quantitative estimate of drug-likeness (QED) is 0.835. The molecule has 1 aromatic carbocycles. The monoisotopic (exact) mass is 319 g/mol. The van der Waals surface area contributed by atoms with Crippen molar-refractivity contribution in [1.82, 2.24) is 15.1 Å². The van der Waals surface area contributed by atoms with Crippen molar-refractivity contribution < 1.29 is 19.0 Å². The average Bonchev–Trinajstić information content (AvgIpc) is 2.98. The minimum atomic E-state index is -0.201. The number of nitrogens with one attached hydrogen (secondary N) is 1. The molecule has 1 heterocycles. The van der Waals surface area contributed by atoms with Gasteiger partial charge >= 0.3 is 0 Å². The zero-order chi connectivity index (χ0) is 16.8. The maximum Gasteiger partial charge on any atom is 0.251 e. The Kier molecular flexibility index (Phi) is 5.46. The van der Waals surface area contributed by atoms with Crippen molar-refractivity contribution in [2.75, 3.05) is 27.9 Å². The predicted octanol–water partition coefficient (Wildman–Crippen LogP) is 1.42. The van der Waals surface area contributed by atoms with E-state index >= 15 is 0 Å². The van der Waals surface area contributed by atoms with Gasteiger partial charge in [0, 0.05) is 25.4 Å². The van der Waals surface area contributed by atoms with E-state index in [1.165, 1.54) is 21.3 Å². The zero-order valence-corrected chi connectivity index (χ0v) is 13.8. The molecule has 2 aromatic rings. The van der Waals surface area contributed by atoms with Crippen LogP contribution in [0.2, 0.25) is 0 Å². The van der Waals surface area contributed by atoms with Crippen LogP contribution in [-0.4, -0.2) is 43.6 Å². The van der Waals surface area contributed by atoms with Crippen LogP contribution < -0.4 is 19.5 Å². The van der Waals surface area contributed by atoms with Gasteiger partial charge in [-0.3, -0.25) is 9.48 Å². The molecule has 0 atom stereocenters. The van der Waals surface area contributed by atoms with Crippen molar-refractivity contribution in [2.24, 2.45) is 7.05 Å². The highest BCUT2D eigenvalue weighted by atomic mass is 16.5. The third-order valence-corrected chi connectivity index (χ3v) is 3.38. The van der Waals surface area contributed by atoms with E-state index in [4.69, 9.17) is 14.2 Å². The van der Waals surface area contributed by atoms with E-state index in [9.17, 15) is 4.79 Å². The standard InChI is InChI=1S/C16H21N3O4/c1-19-10-11(9-18-19)5-6-17-16(20)12-7-13(21-2)15(23-4)14(8-12)22-3/h7-10H,5-6H2,1-4H3,(H,17,20). The predicted molar refractivity (Wildman–Crippen MR) is 85.3 cm³/mol. The van der Waals surface area contributed by atoms with Crippen molar-refractivity contribution in [1.29, 1.82) is 0 Å². The summed E-state index contributed by atoms with van der Waals surface area (Å²) in [5, 5.41) is 6.96. The maximum absolute atomic E-state index is 12.3. The number of hydrogen-bond acceptors (Lipinski definition) is 5. The van der Waals surface area contributed by atoms with Crippen molar-refractivity contribution in [3.8, 4) is 17.2 Å². The van der Waals surface area contributed by atoms with Gasteiger partial charge in [0.25, 0.3) is 5.91 Å². The van der Waals surface area contributed by atoms with E-state index in [2.05, 4.69) is 10.4 Å². The molecule has 0 spiro atoms. The van der Waals surface area contributed by atoms with Gasteiger partial charge in [-0.05, 0) is 24.1 Å². The molecular weight excluding hydrogens is 298 g/mol. The number of benzene rings is 1. The highest BCUT2D eigenvalue weighted by Gasteiger charge is 2.16. The minimum Gasteiger partial charge on any atom is -0.493 e. The summed E-state index contributed by atoms with van der Waals surface area (Å²) in [6.07, 6.45) is 4.42. The Morgan fingerprint density at radius 2 is 1.83 bits per heavy atom. The summed E-state index contributed by atoms with van der Waals surface area (Å²) in [4.78, 5) is 12.3. The van der Waals surface area contributed by atoms with E-state index in [0.717, 1.165) is 5.56 Å². The SMILES string of the molecule is COc1cc(C(=O)NCCc2cnn(C)c2)cc(OC)c1OC. The lowest BCUT2D eigenvalue weighted by molar-refractivity contribution is 0.0953. The van der Waals surface area contributed by atoms with E-state index in [-0.39, 0.29) is 5.91 Å². The molecule has 2 rings (SSSR count). The maximum atomic E-state index is 12.3. The molecule has 7 heteroatoms. The summed E-state index contributed by atoms with van der Waals surface area (Å²) in [5.74, 6) is 1.16. The minimum absolute atomic E-state index is 0.201. The van der Waals surface area contributed by atoms with Crippen LogP contribution in [-0.2, 0) is 13.5 Å². The van der Waals surface area contributed by atoms with Gasteiger partial charge in [0.15, 0.2) is 11.5 Å². The second-order valence-corrected chi connectivity index (χ2v) is 4.94. The van der Waals surface area contributed by atoms with Gasteiger partial charge < -0.3 is 19.5 Å². The van der Waals surface area contributed by atoms with Crippen LogP contribution in [0.3, 0.4) is 0 Å². The number of carbonyl (C=O) groups is 1. The Balaban J connectivity index is 2.06. The topological polar surface area (TPSA) is 74.6 Å². The number of rotatable bonds is 7. The molecule has 23 heavy (non-hydrogen) atoms. The van der Waals surface area contributed by atoms with Crippen molar-refractivity contribution in [2.45, 2.75) is 6.42 Å². The average molecular weight is 319 g/mol. The molecule has 1 N–H and O–H groups in total. The highest BCUT2D eigenvalue weighted by Crippen LogP contribution is 2.38. The van der Waals surface area contributed by atoms with E-state index in [1.54, 1.807) is 23.0 Å². The van der Waals surface area contributed by atoms with Crippen LogP contribution in [0.1, 0.15) is 15.9 Å². The van der Waals surface area contributed by atoms with Gasteiger partial charge in [-0.15, -0.1) is 0 Å². The molecule has 0 aliphatic rings. The lowest BCUT2D eigenvalue weighted by atomic mass is 10.1. The van der Waals surface area contributed by atoms with Crippen molar-refractivity contribution in [3.63, 3.8) is 0 Å². The molecule has 0 saturated heterocycles. The van der Waals surface area contributed by atoms with Crippen molar-refractivity contribution in [3.05, 3.63) is 35.7 Å². The van der Waals surface area contributed by atoms with Crippen LogP contribution in [0.15, 0.2) is 24.5 Å². The molecule has 0 radical (unpaired) electrons. The number of nitrogens with zero attached hydrogens (tertiary/aromatic N) is 2. The van der Waals surface area contributed by atoms with Gasteiger partial charge in [0.1, 0.15) is 0 Å². The van der Waals surface area contributed by atoms with Crippen LogP contribution in [0.25, 0.3) is 0 Å². The summed E-state index contributed by atoms with van der Waals surface area (Å²) in [6.45, 7) is 0.515. The normalized spacial score (nSPS) is 10.3. The molecule has 0 aliphatic carbocycles. The second-order valence-electron chi connectivity index (χ2n) is 4.94. The fourth-order valence-corrected chi connectivity index (χ4v) is 2.24. The molecule has 0 aliphatic heterocycles. The van der Waals surface area contributed by atoms with E-state index in [1.807, 2.05) is 13.2 Å².